The summed E-state index contributed by atoms with van der Waals surface area (Å²) in [7, 11) is 6.51. The van der Waals surface area contributed by atoms with Crippen molar-refractivity contribution < 1.29 is 38.6 Å². The lowest BCUT2D eigenvalue weighted by Crippen LogP contribution is -2.32. The first-order chi connectivity index (χ1) is 24.2. The fraction of sp³-hybridized carbons (Fsp3) is 0.400. The Morgan fingerprint density at radius 2 is 0.920 bits per heavy atom. The number of rotatable bonds is 20. The molecule has 4 rings (SSSR count). The number of aliphatic hydroxyl groups is 2. The Kier molecular flexibility index (Phi) is 17.8. The van der Waals surface area contributed by atoms with E-state index < -0.39 is 12.2 Å². The van der Waals surface area contributed by atoms with E-state index in [1.54, 1.807) is 28.4 Å². The van der Waals surface area contributed by atoms with Crippen LogP contribution in [0.1, 0.15) is 22.3 Å². The van der Waals surface area contributed by atoms with Gasteiger partial charge >= 0.3 is 0 Å². The van der Waals surface area contributed by atoms with Crippen molar-refractivity contribution in [3.05, 3.63) is 107 Å². The predicted molar refractivity (Wildman–Crippen MR) is 198 cm³/mol. The third-order valence-corrected chi connectivity index (χ3v) is 7.70. The molecule has 0 heterocycles. The molecule has 0 radical (unpaired) electrons. The van der Waals surface area contributed by atoms with Gasteiger partial charge in [0.05, 0.1) is 28.4 Å². The van der Waals surface area contributed by atoms with E-state index in [-0.39, 0.29) is 13.2 Å². The second kappa shape index (κ2) is 22.3. The van der Waals surface area contributed by atoms with Crippen molar-refractivity contribution in [2.45, 2.75) is 38.9 Å². The lowest BCUT2D eigenvalue weighted by atomic mass is 10.1. The minimum Gasteiger partial charge on any atom is -0.493 e. The van der Waals surface area contributed by atoms with Crippen molar-refractivity contribution in [1.29, 1.82) is 0 Å². The summed E-state index contributed by atoms with van der Waals surface area (Å²) in [6.45, 7) is 7.06. The number of benzene rings is 4. The Hall–Kier alpha value is -4.48. The minimum atomic E-state index is -0.550. The molecular formula is C40H54N2O8. The quantitative estimate of drug-likeness (QED) is 0.0926. The van der Waals surface area contributed by atoms with Gasteiger partial charge in [-0.05, 0) is 111 Å². The van der Waals surface area contributed by atoms with E-state index in [4.69, 9.17) is 28.4 Å². The van der Waals surface area contributed by atoms with Crippen molar-refractivity contribution >= 4 is 0 Å². The molecular weight excluding hydrogens is 636 g/mol. The van der Waals surface area contributed by atoms with Crippen LogP contribution >= 0.6 is 0 Å². The van der Waals surface area contributed by atoms with Gasteiger partial charge in [-0.2, -0.15) is 0 Å². The van der Waals surface area contributed by atoms with Gasteiger partial charge in [-0.3, -0.25) is 0 Å². The van der Waals surface area contributed by atoms with E-state index in [1.807, 2.05) is 98.8 Å². The van der Waals surface area contributed by atoms with Crippen LogP contribution in [0.2, 0.25) is 0 Å². The first-order valence-corrected chi connectivity index (χ1v) is 16.8. The molecule has 272 valence electrons. The molecule has 4 N–H and O–H groups in total. The molecule has 0 amide bonds. The summed E-state index contributed by atoms with van der Waals surface area (Å²) in [4.78, 5) is 0. The molecule has 0 saturated carbocycles. The topological polar surface area (TPSA) is 120 Å². The number of nitrogens with one attached hydrogen (secondary N) is 2. The van der Waals surface area contributed by atoms with Gasteiger partial charge in [0, 0.05) is 13.1 Å². The van der Waals surface area contributed by atoms with Crippen LogP contribution in [0.3, 0.4) is 0 Å². The molecule has 0 saturated heterocycles. The fourth-order valence-corrected chi connectivity index (χ4v) is 4.99. The summed E-state index contributed by atoms with van der Waals surface area (Å²) in [5, 5.41) is 26.5. The smallest absolute Gasteiger partial charge is 0.160 e. The van der Waals surface area contributed by atoms with E-state index in [1.165, 1.54) is 0 Å². The van der Waals surface area contributed by atoms with E-state index in [0.29, 0.717) is 13.1 Å². The van der Waals surface area contributed by atoms with Gasteiger partial charge in [0.25, 0.3) is 0 Å². The molecule has 0 aliphatic heterocycles. The van der Waals surface area contributed by atoms with Crippen LogP contribution in [0.5, 0.6) is 34.5 Å². The SMILES string of the molecule is COc1ccc(CCNCC(O)COc2cccc(C)c2)cc1OC.COc1ccc(CCNCC(O)COc2cccc(C)c2)cc1OC. The normalized spacial score (nSPS) is 11.8. The van der Waals surface area contributed by atoms with E-state index >= 15 is 0 Å². The highest BCUT2D eigenvalue weighted by Crippen LogP contribution is 2.28. The third kappa shape index (κ3) is 14.6. The molecule has 0 aliphatic carbocycles. The van der Waals surface area contributed by atoms with Gasteiger partial charge in [-0.1, -0.05) is 36.4 Å². The summed E-state index contributed by atoms with van der Waals surface area (Å²) in [6, 6.07) is 27.4. The molecule has 4 aromatic rings. The number of hydrogen-bond donors (Lipinski definition) is 4. The Morgan fingerprint density at radius 3 is 1.28 bits per heavy atom. The molecule has 0 spiro atoms. The van der Waals surface area contributed by atoms with Crippen LogP contribution in [-0.2, 0) is 12.8 Å². The van der Waals surface area contributed by atoms with Gasteiger partial charge in [-0.25, -0.2) is 0 Å². The Labute approximate surface area is 297 Å². The first-order valence-electron chi connectivity index (χ1n) is 16.8. The van der Waals surface area contributed by atoms with E-state index in [9.17, 15) is 10.2 Å². The van der Waals surface area contributed by atoms with Gasteiger partial charge in [0.15, 0.2) is 23.0 Å². The summed E-state index contributed by atoms with van der Waals surface area (Å²) in [5.74, 6) is 4.47. The van der Waals surface area contributed by atoms with Crippen LogP contribution < -0.4 is 39.1 Å². The fourth-order valence-electron chi connectivity index (χ4n) is 4.99. The molecule has 50 heavy (non-hydrogen) atoms. The monoisotopic (exact) mass is 690 g/mol. The van der Waals surface area contributed by atoms with Crippen molar-refractivity contribution in [2.24, 2.45) is 0 Å². The second-order valence-corrected chi connectivity index (χ2v) is 11.8. The molecule has 2 atom stereocenters. The highest BCUT2D eigenvalue weighted by molar-refractivity contribution is 5.43. The number of aryl methyl sites for hydroxylation is 2. The number of ether oxygens (including phenoxy) is 6. The van der Waals surface area contributed by atoms with Gasteiger partial charge < -0.3 is 49.3 Å². The van der Waals surface area contributed by atoms with Gasteiger partial charge in [-0.15, -0.1) is 0 Å². The zero-order chi connectivity index (χ0) is 36.1. The average molecular weight is 691 g/mol. The maximum atomic E-state index is 10.0. The van der Waals surface area contributed by atoms with Crippen LogP contribution in [0.4, 0.5) is 0 Å². The zero-order valence-corrected chi connectivity index (χ0v) is 30.2. The molecule has 10 heteroatoms. The van der Waals surface area contributed by atoms with Crippen LogP contribution in [0, 0.1) is 13.8 Å². The Balaban J connectivity index is 0.000000270. The lowest BCUT2D eigenvalue weighted by Gasteiger charge is -2.14. The maximum absolute atomic E-state index is 10.0. The van der Waals surface area contributed by atoms with E-state index in [0.717, 1.165) is 82.7 Å². The first kappa shape index (κ1) is 40.0. The highest BCUT2D eigenvalue weighted by atomic mass is 16.5. The van der Waals surface area contributed by atoms with E-state index in [2.05, 4.69) is 10.6 Å². The van der Waals surface area contributed by atoms with Crippen LogP contribution in [-0.4, -0.2) is 90.3 Å². The minimum absolute atomic E-state index is 0.271. The van der Waals surface area contributed by atoms with Crippen molar-refractivity contribution in [3.63, 3.8) is 0 Å². The average Bonchev–Trinajstić information content (AvgIpc) is 3.13. The Morgan fingerprint density at radius 1 is 0.520 bits per heavy atom. The highest BCUT2D eigenvalue weighted by Gasteiger charge is 2.09. The summed E-state index contributed by atoms with van der Waals surface area (Å²) in [5.41, 5.74) is 4.58. The molecule has 0 aliphatic rings. The lowest BCUT2D eigenvalue weighted by molar-refractivity contribution is 0.106. The zero-order valence-electron chi connectivity index (χ0n) is 30.2. The Bertz CT molecular complexity index is 1430. The van der Waals surface area contributed by atoms with Crippen molar-refractivity contribution in [1.82, 2.24) is 10.6 Å². The maximum Gasteiger partial charge on any atom is 0.160 e. The molecule has 2 unspecified atom stereocenters. The van der Waals surface area contributed by atoms with Crippen molar-refractivity contribution in [2.75, 3.05) is 67.8 Å². The second-order valence-electron chi connectivity index (χ2n) is 11.8. The van der Waals surface area contributed by atoms with Crippen molar-refractivity contribution in [3.8, 4) is 34.5 Å². The summed E-state index contributed by atoms with van der Waals surface area (Å²) in [6.07, 6.45) is 0.578. The van der Waals surface area contributed by atoms with Gasteiger partial charge in [0.1, 0.15) is 36.9 Å². The largest absolute Gasteiger partial charge is 0.493 e. The molecule has 0 fully saturated rings. The summed E-state index contributed by atoms with van der Waals surface area (Å²) >= 11 is 0. The molecule has 0 bridgehead atoms. The third-order valence-electron chi connectivity index (χ3n) is 7.70. The van der Waals surface area contributed by atoms with Crippen LogP contribution in [0.25, 0.3) is 0 Å². The number of hydrogen-bond acceptors (Lipinski definition) is 10. The number of aliphatic hydroxyl groups excluding tert-OH is 2. The molecule has 10 nitrogen and oxygen atoms in total. The standard InChI is InChI=1S/2C20H27NO4/c2*1-15-5-4-6-18(11-15)25-14-17(22)13-21-10-9-16-7-8-19(23-2)20(12-16)24-3/h2*4-8,11-12,17,21-22H,9-10,13-14H2,1-3H3. The predicted octanol–water partition coefficient (Wildman–Crippen LogP) is 5.17. The summed E-state index contributed by atoms with van der Waals surface area (Å²) < 4.78 is 32.3. The molecule has 0 aromatic heterocycles. The van der Waals surface area contributed by atoms with Gasteiger partial charge in [0.2, 0.25) is 0 Å². The van der Waals surface area contributed by atoms with Crippen LogP contribution in [0.15, 0.2) is 84.9 Å². The molecule has 4 aromatic carbocycles. The number of methoxy groups -OCH3 is 4.